The quantitative estimate of drug-likeness (QED) is 0.553. The number of anilines is 2. The molecule has 0 saturated carbocycles. The maximum absolute atomic E-state index is 13.4. The van der Waals surface area contributed by atoms with Crippen molar-refractivity contribution in [3.63, 3.8) is 0 Å². The van der Waals surface area contributed by atoms with Crippen molar-refractivity contribution in [2.24, 2.45) is 0 Å². The lowest BCUT2D eigenvalue weighted by molar-refractivity contribution is -0.139. The van der Waals surface area contributed by atoms with Crippen molar-refractivity contribution in [2.45, 2.75) is 38.2 Å². The average molecular weight is 422 g/mol. The Morgan fingerprint density at radius 2 is 1.67 bits per heavy atom. The molecule has 0 saturated heterocycles. The molecule has 2 atom stereocenters. The summed E-state index contributed by atoms with van der Waals surface area (Å²) >= 11 is 5.68. The first kappa shape index (κ1) is 12.9. The van der Waals surface area contributed by atoms with Gasteiger partial charge in [0.1, 0.15) is 22.9 Å². The lowest BCUT2D eigenvalue weighted by atomic mass is 10.3. The number of pyridine rings is 1. The summed E-state index contributed by atoms with van der Waals surface area (Å²) < 4.78 is 131. The summed E-state index contributed by atoms with van der Waals surface area (Å²) in [6.45, 7) is -3.43. The highest BCUT2D eigenvalue weighted by molar-refractivity contribution is 6.29. The molecule has 0 fully saturated rings. The third-order valence-corrected chi connectivity index (χ3v) is 2.94. The highest BCUT2D eigenvalue weighted by Crippen LogP contribution is 2.26. The van der Waals surface area contributed by atoms with Gasteiger partial charge in [-0.05, 0) is 25.9 Å². The normalized spacial score (nSPS) is 19.9. The van der Waals surface area contributed by atoms with E-state index < -0.39 is 78.0 Å². The van der Waals surface area contributed by atoms with E-state index in [1.165, 1.54) is 5.32 Å². The van der Waals surface area contributed by atoms with Gasteiger partial charge in [0.15, 0.2) is 5.82 Å². The molecular formula is C14H13ClF6N6. The highest BCUT2D eigenvalue weighted by atomic mass is 35.5. The van der Waals surface area contributed by atoms with Crippen LogP contribution in [0.1, 0.15) is 23.4 Å². The van der Waals surface area contributed by atoms with Gasteiger partial charge in [-0.2, -0.15) is 41.3 Å². The van der Waals surface area contributed by atoms with Gasteiger partial charge >= 0.3 is 12.4 Å². The molecule has 27 heavy (non-hydrogen) atoms. The first-order valence-electron chi connectivity index (χ1n) is 10.3. The van der Waals surface area contributed by atoms with Crippen LogP contribution < -0.4 is 10.6 Å². The smallest absolute Gasteiger partial charge is 0.343 e. The maximum atomic E-state index is 13.4. The summed E-state index contributed by atoms with van der Waals surface area (Å²) in [6, 6.07) is -9.11. The molecule has 0 aliphatic heterocycles. The highest BCUT2D eigenvalue weighted by Gasteiger charge is 2.38. The van der Waals surface area contributed by atoms with Gasteiger partial charge in [-0.15, -0.1) is 0 Å². The summed E-state index contributed by atoms with van der Waals surface area (Å²) in [5, 5.41) is 2.33. The molecule has 0 spiro atoms. The number of hydrogen-bond donors (Lipinski definition) is 2. The van der Waals surface area contributed by atoms with Crippen molar-refractivity contribution in [1.82, 2.24) is 19.9 Å². The number of nitrogens with zero attached hydrogens (tertiary/aromatic N) is 4. The Hall–Kier alpha value is -2.37. The van der Waals surface area contributed by atoms with E-state index in [0.29, 0.717) is 6.92 Å². The van der Waals surface area contributed by atoms with Crippen LogP contribution in [0.4, 0.5) is 38.2 Å². The predicted octanol–water partition coefficient (Wildman–Crippen LogP) is 4.31. The van der Waals surface area contributed by atoms with E-state index in [9.17, 15) is 26.3 Å². The number of alkyl halides is 6. The SMILES string of the molecule is [2H]c1c(Cl)nc(-c2nc(N[C@H](C)C(F)(F)F)nc(N[C@]([2H])(C([2H])([2H])[2H])C(F)(F)F)n2)c([2H])c1[2H]. The molecule has 6 nitrogen and oxygen atoms in total. The molecule has 2 aromatic heterocycles. The topological polar surface area (TPSA) is 75.6 Å². The summed E-state index contributed by atoms with van der Waals surface area (Å²) in [7, 11) is 0. The fraction of sp³-hybridized carbons (Fsp3) is 0.429. The van der Waals surface area contributed by atoms with Gasteiger partial charge in [-0.25, -0.2) is 4.98 Å². The molecule has 13 heteroatoms. The van der Waals surface area contributed by atoms with Gasteiger partial charge < -0.3 is 10.6 Å². The van der Waals surface area contributed by atoms with E-state index >= 15 is 0 Å². The van der Waals surface area contributed by atoms with Crippen molar-refractivity contribution >= 4 is 23.5 Å². The minimum Gasteiger partial charge on any atom is -0.343 e. The van der Waals surface area contributed by atoms with Crippen LogP contribution in [-0.4, -0.2) is 44.3 Å². The first-order chi connectivity index (χ1) is 15.2. The Kier molecular flexibility index (Phi) is 3.69. The number of aromatic nitrogens is 4. The van der Waals surface area contributed by atoms with Gasteiger partial charge in [0.25, 0.3) is 0 Å². The summed E-state index contributed by atoms with van der Waals surface area (Å²) in [5.74, 6) is -3.21. The second kappa shape index (κ2) is 7.71. The van der Waals surface area contributed by atoms with Crippen molar-refractivity contribution < 1.29 is 35.9 Å². The summed E-state index contributed by atoms with van der Waals surface area (Å²) in [5.41, 5.74) is -0.726. The second-order valence-electron chi connectivity index (χ2n) is 4.84. The first-order valence-corrected chi connectivity index (χ1v) is 7.14. The molecule has 0 bridgehead atoms. The maximum Gasteiger partial charge on any atom is 0.408 e. The van der Waals surface area contributed by atoms with Gasteiger partial charge in [0.05, 0.1) is 5.48 Å². The van der Waals surface area contributed by atoms with Crippen LogP contribution in [0.5, 0.6) is 0 Å². The van der Waals surface area contributed by atoms with Gasteiger partial charge in [0, 0.05) is 4.11 Å². The number of nitrogens with one attached hydrogen (secondary N) is 2. The van der Waals surface area contributed by atoms with E-state index in [1.807, 2.05) is 0 Å². The summed E-state index contributed by atoms with van der Waals surface area (Å²) in [6.07, 6.45) is -10.6. The zero-order valence-electron chi connectivity index (χ0n) is 20.0. The zero-order valence-corrected chi connectivity index (χ0v) is 13.8. The molecule has 0 amide bonds. The fourth-order valence-corrected chi connectivity index (χ4v) is 1.59. The van der Waals surface area contributed by atoms with E-state index in [4.69, 9.17) is 21.2 Å². The van der Waals surface area contributed by atoms with Crippen molar-refractivity contribution in [1.29, 1.82) is 0 Å². The molecule has 2 aromatic rings. The van der Waals surface area contributed by atoms with Crippen LogP contribution in [0, 0.1) is 0 Å². The van der Waals surface area contributed by atoms with E-state index in [0.717, 1.165) is 0 Å². The third kappa shape index (κ3) is 5.81. The fourth-order valence-electron chi connectivity index (χ4n) is 1.46. The molecule has 0 unspecified atom stereocenters. The van der Waals surface area contributed by atoms with E-state index in [2.05, 4.69) is 19.9 Å². The van der Waals surface area contributed by atoms with Gasteiger partial charge in [-0.3, -0.25) is 0 Å². The molecule has 0 aliphatic rings. The summed E-state index contributed by atoms with van der Waals surface area (Å²) in [4.78, 5) is 13.9. The van der Waals surface area contributed by atoms with Crippen LogP contribution in [0.25, 0.3) is 11.5 Å². The molecule has 2 N–H and O–H groups in total. The Morgan fingerprint density at radius 1 is 1.04 bits per heavy atom. The number of hydrogen-bond acceptors (Lipinski definition) is 6. The molecule has 0 aromatic carbocycles. The molecule has 0 aliphatic carbocycles. The van der Waals surface area contributed by atoms with Crippen LogP contribution >= 0.6 is 11.6 Å². The van der Waals surface area contributed by atoms with Crippen LogP contribution in [0.3, 0.4) is 0 Å². The minimum absolute atomic E-state index is 0.616. The standard InChI is InChI=1S/C14H13ClF6N6/c1-6(13(16,17)18)22-11-25-10(8-4-3-5-9(15)24-8)26-12(27-11)23-7(2)14(19,20)21/h3-7H,1-2H3,(H2,22,23,25,26,27)/t6-,7-/m1/s1/i1D3,3D,4D,5D,6D. The zero-order chi connectivity index (χ0) is 26.4. The number of rotatable bonds is 5. The van der Waals surface area contributed by atoms with E-state index in [1.54, 1.807) is 5.32 Å². The van der Waals surface area contributed by atoms with Crippen LogP contribution in [0.15, 0.2) is 18.1 Å². The lowest BCUT2D eigenvalue weighted by Crippen LogP contribution is -2.35. The molecule has 0 radical (unpaired) electrons. The van der Waals surface area contributed by atoms with Gasteiger partial charge in [-0.1, -0.05) is 17.6 Å². The van der Waals surface area contributed by atoms with E-state index in [-0.39, 0.29) is 0 Å². The van der Waals surface area contributed by atoms with Gasteiger partial charge in [0.2, 0.25) is 11.9 Å². The molecule has 148 valence electrons. The number of halogens is 7. The van der Waals surface area contributed by atoms with Crippen molar-refractivity contribution in [3.8, 4) is 11.5 Å². The second-order valence-corrected chi connectivity index (χ2v) is 5.20. The Balaban J connectivity index is 2.74. The average Bonchev–Trinajstić information content (AvgIpc) is 2.66. The van der Waals surface area contributed by atoms with Crippen LogP contribution in [-0.2, 0) is 0 Å². The predicted molar refractivity (Wildman–Crippen MR) is 86.3 cm³/mol. The minimum atomic E-state index is -5.73. The molecule has 2 heterocycles. The molecule has 2 rings (SSSR count). The third-order valence-electron chi connectivity index (χ3n) is 2.76. The monoisotopic (exact) mass is 421 g/mol. The lowest BCUT2D eigenvalue weighted by Gasteiger charge is -2.20. The Morgan fingerprint density at radius 3 is 2.22 bits per heavy atom. The molecular weight excluding hydrogens is 402 g/mol. The Bertz CT molecular complexity index is 1070. The van der Waals surface area contributed by atoms with Crippen LogP contribution in [0.2, 0.25) is 5.15 Å². The Labute approximate surface area is 164 Å². The van der Waals surface area contributed by atoms with Crippen molar-refractivity contribution in [2.75, 3.05) is 10.6 Å². The largest absolute Gasteiger partial charge is 0.408 e. The van der Waals surface area contributed by atoms with Crippen molar-refractivity contribution in [3.05, 3.63) is 23.3 Å².